The molecule has 11 rings (SSSR count). The lowest BCUT2D eigenvalue weighted by Crippen LogP contribution is -2.11. The van der Waals surface area contributed by atoms with Crippen LogP contribution in [0.2, 0.25) is 0 Å². The van der Waals surface area contributed by atoms with Crippen molar-refractivity contribution in [1.29, 1.82) is 0 Å². The molecule has 0 N–H and O–H groups in total. The summed E-state index contributed by atoms with van der Waals surface area (Å²) in [5.74, 6) is 0. The van der Waals surface area contributed by atoms with E-state index in [-0.39, 0.29) is 0 Å². The average Bonchev–Trinajstić information content (AvgIpc) is 3.66. The summed E-state index contributed by atoms with van der Waals surface area (Å²) in [6, 6.07) is 88.0. The number of hydrogen-bond donors (Lipinski definition) is 0. The van der Waals surface area contributed by atoms with Crippen LogP contribution in [0.15, 0.2) is 243 Å². The predicted molar refractivity (Wildman–Crippen MR) is 255 cm³/mol. The molecule has 0 aliphatic heterocycles. The molecule has 0 aliphatic carbocycles. The molecule has 11 aromatic rings. The van der Waals surface area contributed by atoms with Crippen molar-refractivity contribution in [2.45, 2.75) is 0 Å². The minimum atomic E-state index is 1.09. The first kappa shape index (κ1) is 35.2. The third kappa shape index (κ3) is 6.23. The first-order valence-electron chi connectivity index (χ1n) is 20.6. The molecule has 0 spiro atoms. The molecule has 10 aromatic carbocycles. The molecule has 1 aromatic heterocycles. The Morgan fingerprint density at radius 2 is 0.833 bits per heavy atom. The highest BCUT2D eigenvalue weighted by Gasteiger charge is 2.21. The van der Waals surface area contributed by atoms with Crippen molar-refractivity contribution >= 4 is 49.6 Å². The normalized spacial score (nSPS) is 11.3. The summed E-state index contributed by atoms with van der Waals surface area (Å²) in [5, 5.41) is 4.90. The fraction of sp³-hybridized carbons (Fsp3) is 0. The van der Waals surface area contributed by atoms with E-state index >= 15 is 0 Å². The lowest BCUT2D eigenvalue weighted by Gasteiger charge is -2.29. The van der Waals surface area contributed by atoms with Gasteiger partial charge in [-0.3, -0.25) is 0 Å². The van der Waals surface area contributed by atoms with Gasteiger partial charge in [0.05, 0.1) is 16.7 Å². The fourth-order valence-electron chi connectivity index (χ4n) is 9.01. The number of anilines is 3. The molecule has 1 heterocycles. The highest BCUT2D eigenvalue weighted by molar-refractivity contribution is 6.10. The smallest absolute Gasteiger partial charge is 0.0541 e. The molecular formula is C58H40N2. The lowest BCUT2D eigenvalue weighted by molar-refractivity contribution is 1.18. The standard InChI is InChI=1S/C58H40N2/c1-3-19-42(20-4-1)49-26-9-10-27-50(49)51-28-11-12-29-52(51)53-30-13-15-32-56(53)59(48-36-34-41-18-7-8-21-43(41)38-48)47-25-17-22-44(39-47)45-35-37-58-55(40-45)54-31-14-16-33-57(54)60(58)46-23-5-2-6-24-46/h1-40H. The maximum Gasteiger partial charge on any atom is 0.0541 e. The van der Waals surface area contributed by atoms with E-state index in [0.29, 0.717) is 0 Å². The molecule has 0 saturated heterocycles. The largest absolute Gasteiger partial charge is 0.310 e. The van der Waals surface area contributed by atoms with Crippen LogP contribution in [0.1, 0.15) is 0 Å². The molecule has 0 aliphatic rings. The maximum atomic E-state index is 2.44. The summed E-state index contributed by atoms with van der Waals surface area (Å²) in [4.78, 5) is 2.44. The summed E-state index contributed by atoms with van der Waals surface area (Å²) in [6.07, 6.45) is 0. The van der Waals surface area contributed by atoms with Crippen molar-refractivity contribution in [2.75, 3.05) is 4.90 Å². The zero-order valence-corrected chi connectivity index (χ0v) is 33.0. The Balaban J connectivity index is 1.09. The Bertz CT molecular complexity index is 3320. The number of hydrogen-bond acceptors (Lipinski definition) is 1. The van der Waals surface area contributed by atoms with Crippen molar-refractivity contribution in [1.82, 2.24) is 4.57 Å². The van der Waals surface area contributed by atoms with Gasteiger partial charge in [-0.05, 0) is 110 Å². The SMILES string of the molecule is c1ccc(-c2ccccc2-c2ccccc2-c2ccccc2N(c2cccc(-c3ccc4c(c3)c3ccccc3n4-c3ccccc3)c2)c2ccc3ccccc3c2)cc1. The molecule has 282 valence electrons. The van der Waals surface area contributed by atoms with E-state index < -0.39 is 0 Å². The van der Waals surface area contributed by atoms with E-state index in [0.717, 1.165) is 33.9 Å². The number of rotatable bonds is 8. The van der Waals surface area contributed by atoms with E-state index in [1.54, 1.807) is 0 Å². The number of nitrogens with zero attached hydrogens (tertiary/aromatic N) is 2. The predicted octanol–water partition coefficient (Wildman–Crippen LogP) is 16.1. The molecule has 60 heavy (non-hydrogen) atoms. The summed E-state index contributed by atoms with van der Waals surface area (Å²) in [6.45, 7) is 0. The van der Waals surface area contributed by atoms with E-state index in [4.69, 9.17) is 0 Å². The number of para-hydroxylation sites is 3. The van der Waals surface area contributed by atoms with Crippen LogP contribution in [0, 0.1) is 0 Å². The van der Waals surface area contributed by atoms with Crippen molar-refractivity contribution in [3.63, 3.8) is 0 Å². The van der Waals surface area contributed by atoms with Gasteiger partial charge in [0.25, 0.3) is 0 Å². The summed E-state index contributed by atoms with van der Waals surface area (Å²) in [5.41, 5.74) is 16.3. The Morgan fingerprint density at radius 1 is 0.283 bits per heavy atom. The van der Waals surface area contributed by atoms with Crippen LogP contribution < -0.4 is 4.90 Å². The van der Waals surface area contributed by atoms with E-state index in [1.807, 2.05) is 0 Å². The van der Waals surface area contributed by atoms with Crippen molar-refractivity contribution < 1.29 is 0 Å². The summed E-state index contributed by atoms with van der Waals surface area (Å²) < 4.78 is 2.37. The molecule has 0 fully saturated rings. The van der Waals surface area contributed by atoms with Crippen LogP contribution in [0.4, 0.5) is 17.1 Å². The molecule has 0 radical (unpaired) electrons. The third-order valence-corrected chi connectivity index (χ3v) is 11.8. The zero-order chi connectivity index (χ0) is 39.8. The van der Waals surface area contributed by atoms with Crippen molar-refractivity contribution in [3.8, 4) is 50.2 Å². The van der Waals surface area contributed by atoms with Gasteiger partial charge < -0.3 is 9.47 Å². The Hall–Kier alpha value is -7.94. The number of benzene rings is 10. The highest BCUT2D eigenvalue weighted by atomic mass is 15.1. The van der Waals surface area contributed by atoms with Gasteiger partial charge in [-0.1, -0.05) is 182 Å². The van der Waals surface area contributed by atoms with Crippen LogP contribution in [0.5, 0.6) is 0 Å². The second kappa shape index (κ2) is 15.1. The van der Waals surface area contributed by atoms with E-state index in [9.17, 15) is 0 Å². The Kier molecular flexibility index (Phi) is 8.87. The minimum Gasteiger partial charge on any atom is -0.310 e. The number of fused-ring (bicyclic) bond motifs is 4. The molecule has 0 amide bonds. The highest BCUT2D eigenvalue weighted by Crippen LogP contribution is 2.46. The van der Waals surface area contributed by atoms with Gasteiger partial charge in [-0.2, -0.15) is 0 Å². The second-order valence-corrected chi connectivity index (χ2v) is 15.3. The summed E-state index contributed by atoms with van der Waals surface area (Å²) >= 11 is 0. The molecule has 2 heteroatoms. The fourth-order valence-corrected chi connectivity index (χ4v) is 9.01. The quantitative estimate of drug-likeness (QED) is 0.150. The van der Waals surface area contributed by atoms with Crippen molar-refractivity contribution in [2.24, 2.45) is 0 Å². The van der Waals surface area contributed by atoms with Gasteiger partial charge in [-0.15, -0.1) is 0 Å². The number of aromatic nitrogens is 1. The van der Waals surface area contributed by atoms with Gasteiger partial charge in [0.15, 0.2) is 0 Å². The van der Waals surface area contributed by atoms with Crippen LogP contribution in [-0.4, -0.2) is 4.57 Å². The second-order valence-electron chi connectivity index (χ2n) is 15.3. The van der Waals surface area contributed by atoms with Crippen LogP contribution >= 0.6 is 0 Å². The molecule has 0 atom stereocenters. The van der Waals surface area contributed by atoms with Crippen LogP contribution in [-0.2, 0) is 0 Å². The Labute approximate surface area is 350 Å². The first-order chi connectivity index (χ1) is 29.8. The summed E-state index contributed by atoms with van der Waals surface area (Å²) in [7, 11) is 0. The molecule has 2 nitrogen and oxygen atoms in total. The van der Waals surface area contributed by atoms with Gasteiger partial charge in [0.2, 0.25) is 0 Å². The topological polar surface area (TPSA) is 8.17 Å². The molecule has 0 saturated carbocycles. The van der Waals surface area contributed by atoms with Gasteiger partial charge in [0, 0.05) is 33.4 Å². The van der Waals surface area contributed by atoms with Gasteiger partial charge in [-0.25, -0.2) is 0 Å². The molecule has 0 bridgehead atoms. The zero-order valence-electron chi connectivity index (χ0n) is 33.0. The molecule has 0 unspecified atom stereocenters. The maximum absolute atomic E-state index is 2.44. The van der Waals surface area contributed by atoms with E-state index in [1.165, 1.54) is 66.0 Å². The first-order valence-corrected chi connectivity index (χ1v) is 20.6. The van der Waals surface area contributed by atoms with Gasteiger partial charge >= 0.3 is 0 Å². The van der Waals surface area contributed by atoms with Crippen LogP contribution in [0.3, 0.4) is 0 Å². The Morgan fingerprint density at radius 3 is 1.63 bits per heavy atom. The average molecular weight is 765 g/mol. The van der Waals surface area contributed by atoms with E-state index in [2.05, 4.69) is 252 Å². The lowest BCUT2D eigenvalue weighted by atomic mass is 9.88. The minimum absolute atomic E-state index is 1.09. The third-order valence-electron chi connectivity index (χ3n) is 11.8. The van der Waals surface area contributed by atoms with Crippen LogP contribution in [0.25, 0.3) is 82.8 Å². The van der Waals surface area contributed by atoms with Crippen molar-refractivity contribution in [3.05, 3.63) is 243 Å². The monoisotopic (exact) mass is 764 g/mol. The van der Waals surface area contributed by atoms with Gasteiger partial charge in [0.1, 0.15) is 0 Å². The molecular weight excluding hydrogens is 725 g/mol.